The number of nitrogen functional groups attached to an aromatic ring is 1. The van der Waals surface area contributed by atoms with Crippen LogP contribution in [0.5, 0.6) is 11.5 Å². The zero-order valence-electron chi connectivity index (χ0n) is 20.0. The summed E-state index contributed by atoms with van der Waals surface area (Å²) in [5, 5.41) is 10.2. The van der Waals surface area contributed by atoms with Crippen LogP contribution in [0.25, 0.3) is 21.8 Å². The van der Waals surface area contributed by atoms with Crippen molar-refractivity contribution in [1.29, 1.82) is 5.26 Å². The molecule has 4 aromatic rings. The number of aromatic amines is 1. The zero-order valence-corrected chi connectivity index (χ0v) is 20.0. The van der Waals surface area contributed by atoms with Gasteiger partial charge < -0.3 is 30.0 Å². The molecular weight excluding hydrogens is 465 g/mol. The minimum absolute atomic E-state index is 0.0377. The van der Waals surface area contributed by atoms with E-state index in [4.69, 9.17) is 20.5 Å². The molecule has 1 unspecified atom stereocenters. The first-order chi connectivity index (χ1) is 17.3. The van der Waals surface area contributed by atoms with E-state index >= 15 is 4.39 Å². The topological polar surface area (TPSA) is 133 Å². The van der Waals surface area contributed by atoms with Gasteiger partial charge in [0, 0.05) is 42.0 Å². The van der Waals surface area contributed by atoms with Gasteiger partial charge in [-0.25, -0.2) is 9.37 Å². The summed E-state index contributed by atoms with van der Waals surface area (Å²) in [5.74, 6) is -0.277. The van der Waals surface area contributed by atoms with Crippen molar-refractivity contribution in [1.82, 2.24) is 19.9 Å². The Morgan fingerprint density at radius 2 is 2.03 bits per heavy atom. The number of hydrogen-bond donors (Lipinski definition) is 2. The van der Waals surface area contributed by atoms with E-state index in [1.165, 1.54) is 14.2 Å². The zero-order chi connectivity index (χ0) is 25.6. The first kappa shape index (κ1) is 23.2. The van der Waals surface area contributed by atoms with E-state index < -0.39 is 5.82 Å². The Morgan fingerprint density at radius 3 is 2.72 bits per heavy atom. The van der Waals surface area contributed by atoms with Gasteiger partial charge in [0.2, 0.25) is 5.95 Å². The largest absolute Gasteiger partial charge is 0.493 e. The Morgan fingerprint density at radius 1 is 1.22 bits per heavy atom. The number of halogens is 1. The van der Waals surface area contributed by atoms with Gasteiger partial charge in [-0.2, -0.15) is 10.2 Å². The van der Waals surface area contributed by atoms with Crippen LogP contribution in [0.1, 0.15) is 23.0 Å². The van der Waals surface area contributed by atoms with Gasteiger partial charge in [-0.3, -0.25) is 4.79 Å². The third-order valence-corrected chi connectivity index (χ3v) is 6.45. The summed E-state index contributed by atoms with van der Waals surface area (Å²) < 4.78 is 25.6. The normalized spacial score (nSPS) is 15.8. The van der Waals surface area contributed by atoms with Gasteiger partial charge in [-0.1, -0.05) is 0 Å². The highest BCUT2D eigenvalue weighted by Gasteiger charge is 2.30. The lowest BCUT2D eigenvalue weighted by Crippen LogP contribution is -2.54. The average Bonchev–Trinajstić information content (AvgIpc) is 3.31. The second-order valence-corrected chi connectivity index (χ2v) is 8.62. The van der Waals surface area contributed by atoms with Crippen LogP contribution in [0.3, 0.4) is 0 Å². The van der Waals surface area contributed by atoms with E-state index in [-0.39, 0.29) is 40.7 Å². The molecule has 1 saturated heterocycles. The van der Waals surface area contributed by atoms with Crippen molar-refractivity contribution in [2.45, 2.75) is 13.0 Å². The molecule has 2 aromatic carbocycles. The fraction of sp³-hybridized carbons (Fsp3) is 0.280. The number of piperazine rings is 1. The summed E-state index contributed by atoms with van der Waals surface area (Å²) in [7, 11) is 2.77. The number of ether oxygens (including phenoxy) is 2. The van der Waals surface area contributed by atoms with Gasteiger partial charge in [0.25, 0.3) is 5.91 Å². The summed E-state index contributed by atoms with van der Waals surface area (Å²) in [4.78, 5) is 28.9. The number of H-pyrrole nitrogens is 1. The van der Waals surface area contributed by atoms with Gasteiger partial charge >= 0.3 is 0 Å². The number of hydrogen-bond acceptors (Lipinski definition) is 8. The SMILES string of the molecule is COc1cc2c(N)nc(N3CCN(C(=O)c4cc5cc(C#N)ccc5[nH]4)CC3C)nc2c(F)c1OC. The predicted molar refractivity (Wildman–Crippen MR) is 133 cm³/mol. The average molecular weight is 490 g/mol. The molecule has 5 rings (SSSR count). The molecule has 36 heavy (non-hydrogen) atoms. The molecule has 0 saturated carbocycles. The quantitative estimate of drug-likeness (QED) is 0.447. The number of amides is 1. The lowest BCUT2D eigenvalue weighted by Gasteiger charge is -2.39. The number of carbonyl (C=O) groups is 1. The number of nitrogens with one attached hydrogen (secondary N) is 1. The molecule has 3 heterocycles. The second kappa shape index (κ2) is 8.88. The van der Waals surface area contributed by atoms with Gasteiger partial charge in [0.05, 0.1) is 25.9 Å². The lowest BCUT2D eigenvalue weighted by molar-refractivity contribution is 0.0720. The van der Waals surface area contributed by atoms with E-state index in [0.717, 1.165) is 10.9 Å². The molecular formula is C25H24FN7O3. The molecule has 10 nitrogen and oxygen atoms in total. The van der Waals surface area contributed by atoms with Crippen molar-refractivity contribution in [3.63, 3.8) is 0 Å². The summed E-state index contributed by atoms with van der Waals surface area (Å²) in [5.41, 5.74) is 7.99. The van der Waals surface area contributed by atoms with Gasteiger partial charge in [-0.15, -0.1) is 0 Å². The highest BCUT2D eigenvalue weighted by Crippen LogP contribution is 2.37. The molecule has 0 radical (unpaired) electrons. The molecule has 1 aliphatic rings. The molecule has 11 heteroatoms. The number of benzene rings is 2. The van der Waals surface area contributed by atoms with Crippen molar-refractivity contribution in [3.8, 4) is 17.6 Å². The van der Waals surface area contributed by atoms with Crippen LogP contribution < -0.4 is 20.1 Å². The summed E-state index contributed by atoms with van der Waals surface area (Å²) >= 11 is 0. The van der Waals surface area contributed by atoms with Crippen LogP contribution in [0, 0.1) is 17.1 Å². The Kier molecular flexibility index (Phi) is 5.72. The first-order valence-corrected chi connectivity index (χ1v) is 11.3. The summed E-state index contributed by atoms with van der Waals surface area (Å²) in [6, 6.07) is 10.5. The lowest BCUT2D eigenvalue weighted by atomic mass is 10.1. The summed E-state index contributed by atoms with van der Waals surface area (Å²) in [6.45, 7) is 3.20. The van der Waals surface area contributed by atoms with Crippen LogP contribution in [-0.4, -0.2) is 65.7 Å². The van der Waals surface area contributed by atoms with Crippen LogP contribution in [0.4, 0.5) is 16.2 Å². The minimum Gasteiger partial charge on any atom is -0.493 e. The molecule has 1 atom stereocenters. The molecule has 184 valence electrons. The molecule has 1 aliphatic heterocycles. The molecule has 0 aliphatic carbocycles. The fourth-order valence-corrected chi connectivity index (χ4v) is 4.59. The van der Waals surface area contributed by atoms with Crippen molar-refractivity contribution in [3.05, 3.63) is 47.4 Å². The number of rotatable bonds is 4. The van der Waals surface area contributed by atoms with Crippen LogP contribution in [0.15, 0.2) is 30.3 Å². The molecule has 2 aromatic heterocycles. The summed E-state index contributed by atoms with van der Waals surface area (Å²) in [6.07, 6.45) is 0. The highest BCUT2D eigenvalue weighted by atomic mass is 19.1. The third kappa shape index (κ3) is 3.76. The van der Waals surface area contributed by atoms with E-state index in [2.05, 4.69) is 21.0 Å². The fourth-order valence-electron chi connectivity index (χ4n) is 4.59. The van der Waals surface area contributed by atoms with E-state index in [1.807, 2.05) is 11.8 Å². The van der Waals surface area contributed by atoms with Crippen LogP contribution >= 0.6 is 0 Å². The number of carbonyl (C=O) groups excluding carboxylic acids is 1. The monoisotopic (exact) mass is 489 g/mol. The highest BCUT2D eigenvalue weighted by molar-refractivity contribution is 5.98. The predicted octanol–water partition coefficient (Wildman–Crippen LogP) is 3.07. The van der Waals surface area contributed by atoms with Crippen LogP contribution in [-0.2, 0) is 0 Å². The molecule has 1 fully saturated rings. The Bertz CT molecular complexity index is 1540. The van der Waals surface area contributed by atoms with Crippen molar-refractivity contribution < 1.29 is 18.7 Å². The number of anilines is 2. The standard InChI is InChI=1S/C25H24FN7O3/c1-13-12-32(24(34)18-9-15-8-14(11-27)4-5-17(15)29-18)6-7-33(13)25-30-21-16(23(28)31-25)10-19(35-2)22(36-3)20(21)26/h4-5,8-10,13,29H,6-7,12H2,1-3H3,(H2,28,30,31). The maximum atomic E-state index is 15.2. The van der Waals surface area contributed by atoms with Gasteiger partial charge in [0.15, 0.2) is 17.3 Å². The maximum absolute atomic E-state index is 15.2. The van der Waals surface area contributed by atoms with Crippen molar-refractivity contribution >= 4 is 39.5 Å². The smallest absolute Gasteiger partial charge is 0.270 e. The first-order valence-electron chi connectivity index (χ1n) is 11.3. The Balaban J connectivity index is 1.40. The molecule has 1 amide bonds. The Hall–Kier alpha value is -4.59. The number of fused-ring (bicyclic) bond motifs is 2. The number of nitrogens with zero attached hydrogens (tertiary/aromatic N) is 5. The number of methoxy groups -OCH3 is 2. The third-order valence-electron chi connectivity index (χ3n) is 6.45. The van der Waals surface area contributed by atoms with E-state index in [0.29, 0.717) is 36.3 Å². The van der Waals surface area contributed by atoms with Gasteiger partial charge in [-0.05, 0) is 37.3 Å². The minimum atomic E-state index is -0.679. The van der Waals surface area contributed by atoms with E-state index in [1.54, 1.807) is 35.2 Å². The van der Waals surface area contributed by atoms with Crippen LogP contribution in [0.2, 0.25) is 0 Å². The molecule has 0 bridgehead atoms. The number of nitriles is 1. The number of aromatic nitrogens is 3. The maximum Gasteiger partial charge on any atom is 0.270 e. The van der Waals surface area contributed by atoms with Crippen molar-refractivity contribution in [2.75, 3.05) is 44.5 Å². The van der Waals surface area contributed by atoms with E-state index in [9.17, 15) is 4.79 Å². The second-order valence-electron chi connectivity index (χ2n) is 8.62. The van der Waals surface area contributed by atoms with Crippen molar-refractivity contribution in [2.24, 2.45) is 0 Å². The number of nitrogens with two attached hydrogens (primary N) is 1. The van der Waals surface area contributed by atoms with Gasteiger partial charge in [0.1, 0.15) is 17.0 Å². The molecule has 3 N–H and O–H groups in total. The molecule has 0 spiro atoms. The Labute approximate surface area is 206 Å².